The Hall–Kier alpha value is 0.0649. The average molecular weight is 178 g/mol. The van der Waals surface area contributed by atoms with Gasteiger partial charge in [0.15, 0.2) is 0 Å². The molecule has 2 bridgehead atoms. The van der Waals surface area contributed by atoms with Gasteiger partial charge < -0.3 is 0 Å². The van der Waals surface area contributed by atoms with Crippen molar-refractivity contribution in [3.8, 4) is 0 Å². The topological polar surface area (TPSA) is 0 Å². The molecule has 0 amide bonds. The molecule has 0 N–H and O–H groups in total. The Morgan fingerprint density at radius 2 is 1.54 bits per heavy atom. The van der Waals surface area contributed by atoms with Gasteiger partial charge in [0.05, 0.1) is 0 Å². The van der Waals surface area contributed by atoms with Gasteiger partial charge in [0, 0.05) is 0 Å². The van der Waals surface area contributed by atoms with E-state index in [0.29, 0.717) is 0 Å². The minimum atomic E-state index is 0.996. The van der Waals surface area contributed by atoms with E-state index < -0.39 is 0 Å². The lowest BCUT2D eigenvalue weighted by molar-refractivity contribution is 0.434. The zero-order valence-corrected chi connectivity index (χ0v) is 9.26. The maximum atomic E-state index is 2.49. The second kappa shape index (κ2) is 4.06. The van der Waals surface area contributed by atoms with Gasteiger partial charge in [0.25, 0.3) is 0 Å². The van der Waals surface area contributed by atoms with Gasteiger partial charge in [0.2, 0.25) is 0 Å². The summed E-state index contributed by atoms with van der Waals surface area (Å²) in [5, 5.41) is 0. The lowest BCUT2D eigenvalue weighted by Crippen LogP contribution is -2.37. The molecule has 0 nitrogen and oxygen atoms in total. The SMILES string of the molecule is CC[C@@H](C)B1C2CCCC1CCC2. The molecular weight excluding hydrogens is 155 g/mol. The van der Waals surface area contributed by atoms with Crippen molar-refractivity contribution >= 4 is 6.71 Å². The van der Waals surface area contributed by atoms with Crippen molar-refractivity contribution in [2.45, 2.75) is 76.2 Å². The molecule has 0 aromatic rings. The highest BCUT2D eigenvalue weighted by Gasteiger charge is 2.41. The third kappa shape index (κ3) is 1.80. The van der Waals surface area contributed by atoms with Crippen molar-refractivity contribution in [2.24, 2.45) is 0 Å². The zero-order valence-electron chi connectivity index (χ0n) is 9.26. The monoisotopic (exact) mass is 178 g/mol. The van der Waals surface area contributed by atoms with Gasteiger partial charge in [-0.1, -0.05) is 76.2 Å². The van der Waals surface area contributed by atoms with Crippen LogP contribution in [-0.2, 0) is 0 Å². The molecule has 74 valence electrons. The smallest absolute Gasteiger partial charge is 0.0691 e. The lowest BCUT2D eigenvalue weighted by atomic mass is 9.22. The van der Waals surface area contributed by atoms with Gasteiger partial charge in [-0.2, -0.15) is 0 Å². The molecule has 0 saturated carbocycles. The van der Waals surface area contributed by atoms with Crippen LogP contribution in [-0.4, -0.2) is 6.71 Å². The Labute approximate surface area is 83.6 Å². The van der Waals surface area contributed by atoms with Crippen molar-refractivity contribution in [2.75, 3.05) is 0 Å². The fraction of sp³-hybridized carbons (Fsp3) is 1.00. The summed E-state index contributed by atoms with van der Waals surface area (Å²) < 4.78 is 0. The average Bonchev–Trinajstić information content (AvgIpc) is 2.15. The standard InChI is InChI=1S/C12H23B/c1-3-10(2)13-11-6-4-7-12(13)9-5-8-11/h10-12H,3-9H2,1-2H3/t10-,11?,12?/m1/s1. The van der Waals surface area contributed by atoms with Crippen LogP contribution in [0.5, 0.6) is 0 Å². The number of fused-ring (bicyclic) bond motifs is 2. The highest BCUT2D eigenvalue weighted by atomic mass is 14.3. The fourth-order valence-electron chi connectivity index (χ4n) is 3.93. The Bertz CT molecular complexity index is 145. The van der Waals surface area contributed by atoms with Crippen molar-refractivity contribution in [3.05, 3.63) is 0 Å². The molecule has 2 fully saturated rings. The molecule has 2 rings (SSSR count). The lowest BCUT2D eigenvalue weighted by Gasteiger charge is -2.43. The summed E-state index contributed by atoms with van der Waals surface area (Å²) in [7, 11) is 0. The molecule has 0 unspecified atom stereocenters. The molecule has 0 aromatic carbocycles. The van der Waals surface area contributed by atoms with Crippen molar-refractivity contribution in [1.29, 1.82) is 0 Å². The van der Waals surface area contributed by atoms with Crippen molar-refractivity contribution < 1.29 is 0 Å². The van der Waals surface area contributed by atoms with Gasteiger partial charge in [-0.15, -0.1) is 0 Å². The first-order valence-corrected chi connectivity index (χ1v) is 6.33. The Kier molecular flexibility index (Phi) is 3.01. The van der Waals surface area contributed by atoms with Crippen LogP contribution in [0.3, 0.4) is 0 Å². The van der Waals surface area contributed by atoms with Gasteiger partial charge in [-0.25, -0.2) is 0 Å². The minimum Gasteiger partial charge on any atom is -0.0691 e. The first-order valence-electron chi connectivity index (χ1n) is 6.33. The van der Waals surface area contributed by atoms with Gasteiger partial charge in [-0.05, 0) is 0 Å². The highest BCUT2D eigenvalue weighted by Crippen LogP contribution is 2.50. The Balaban J connectivity index is 2.06. The summed E-state index contributed by atoms with van der Waals surface area (Å²) in [6.07, 6.45) is 10.6. The summed E-state index contributed by atoms with van der Waals surface area (Å²) >= 11 is 0. The predicted octanol–water partition coefficient (Wildman–Crippen LogP) is 4.39. The molecule has 0 radical (unpaired) electrons. The molecule has 0 spiro atoms. The second-order valence-electron chi connectivity index (χ2n) is 5.34. The van der Waals surface area contributed by atoms with E-state index >= 15 is 0 Å². The zero-order chi connectivity index (χ0) is 9.26. The first kappa shape index (κ1) is 9.61. The molecule has 2 heterocycles. The molecule has 2 aliphatic heterocycles. The van der Waals surface area contributed by atoms with E-state index in [1.807, 2.05) is 0 Å². The summed E-state index contributed by atoms with van der Waals surface area (Å²) in [5.74, 6) is 3.22. The summed E-state index contributed by atoms with van der Waals surface area (Å²) in [4.78, 5) is 0. The molecule has 0 aromatic heterocycles. The first-order chi connectivity index (χ1) is 6.33. The quantitative estimate of drug-likeness (QED) is 0.550. The van der Waals surface area contributed by atoms with E-state index in [1.54, 1.807) is 25.7 Å². The summed E-state index contributed by atoms with van der Waals surface area (Å²) in [6, 6.07) is 0. The summed E-state index contributed by atoms with van der Waals surface area (Å²) in [6.45, 7) is 5.96. The Morgan fingerprint density at radius 3 is 1.92 bits per heavy atom. The molecule has 0 aliphatic carbocycles. The van der Waals surface area contributed by atoms with Gasteiger partial charge >= 0.3 is 0 Å². The summed E-state index contributed by atoms with van der Waals surface area (Å²) in [5.41, 5.74) is 0. The Morgan fingerprint density at radius 1 is 1.08 bits per heavy atom. The molecular formula is C12H23B. The number of hydrogen-bond donors (Lipinski definition) is 0. The van der Waals surface area contributed by atoms with Crippen LogP contribution in [0.1, 0.15) is 58.8 Å². The van der Waals surface area contributed by atoms with E-state index in [2.05, 4.69) is 13.8 Å². The van der Waals surface area contributed by atoms with E-state index in [4.69, 9.17) is 0 Å². The fourth-order valence-corrected chi connectivity index (χ4v) is 3.93. The van der Waals surface area contributed by atoms with Crippen LogP contribution in [0.4, 0.5) is 0 Å². The maximum absolute atomic E-state index is 2.49. The van der Waals surface area contributed by atoms with E-state index in [-0.39, 0.29) is 0 Å². The normalized spacial score (nSPS) is 36.0. The van der Waals surface area contributed by atoms with Gasteiger partial charge in [0.1, 0.15) is 6.71 Å². The van der Waals surface area contributed by atoms with Crippen LogP contribution in [0, 0.1) is 0 Å². The maximum Gasteiger partial charge on any atom is 0.149 e. The van der Waals surface area contributed by atoms with Crippen LogP contribution in [0.2, 0.25) is 17.5 Å². The molecule has 1 atom stereocenters. The third-order valence-corrected chi connectivity index (χ3v) is 4.69. The molecule has 13 heavy (non-hydrogen) atoms. The number of rotatable bonds is 2. The molecule has 1 heteroatoms. The predicted molar refractivity (Wildman–Crippen MR) is 60.7 cm³/mol. The second-order valence-corrected chi connectivity index (χ2v) is 5.34. The van der Waals surface area contributed by atoms with Crippen LogP contribution >= 0.6 is 0 Å². The van der Waals surface area contributed by atoms with Crippen LogP contribution in [0.15, 0.2) is 0 Å². The van der Waals surface area contributed by atoms with Crippen molar-refractivity contribution in [3.63, 3.8) is 0 Å². The van der Waals surface area contributed by atoms with E-state index in [1.165, 1.54) is 19.3 Å². The molecule has 2 saturated heterocycles. The molecule has 2 aliphatic rings. The van der Waals surface area contributed by atoms with E-state index in [9.17, 15) is 0 Å². The van der Waals surface area contributed by atoms with Gasteiger partial charge in [-0.3, -0.25) is 0 Å². The minimum absolute atomic E-state index is 0.996. The van der Waals surface area contributed by atoms with E-state index in [0.717, 1.165) is 24.2 Å². The largest absolute Gasteiger partial charge is 0.149 e. The number of hydrogen-bond acceptors (Lipinski definition) is 0. The van der Waals surface area contributed by atoms with Crippen LogP contribution < -0.4 is 0 Å². The van der Waals surface area contributed by atoms with Crippen LogP contribution in [0.25, 0.3) is 0 Å². The highest BCUT2D eigenvalue weighted by molar-refractivity contribution is 6.64. The van der Waals surface area contributed by atoms with Crippen molar-refractivity contribution in [1.82, 2.24) is 0 Å². The third-order valence-electron chi connectivity index (χ3n) is 4.69.